The Hall–Kier alpha value is -1.26. The lowest BCUT2D eigenvalue weighted by Gasteiger charge is -2.21. The molecule has 2 aliphatic heterocycles. The zero-order valence-corrected chi connectivity index (χ0v) is 20.3. The molecule has 1 aromatic carbocycles. The van der Waals surface area contributed by atoms with Crippen molar-refractivity contribution in [1.29, 1.82) is 0 Å². The summed E-state index contributed by atoms with van der Waals surface area (Å²) in [5.41, 5.74) is 1.10. The fourth-order valence-electron chi connectivity index (χ4n) is 3.36. The van der Waals surface area contributed by atoms with Crippen molar-refractivity contribution in [3.05, 3.63) is 23.8 Å². The maximum absolute atomic E-state index is 5.83. The fourth-order valence-corrected chi connectivity index (χ4v) is 3.36. The van der Waals surface area contributed by atoms with Crippen LogP contribution in [0.25, 0.3) is 0 Å². The molecule has 2 aliphatic rings. The zero-order valence-electron chi connectivity index (χ0n) is 18.0. The molecule has 1 fully saturated rings. The minimum atomic E-state index is 0. The molecule has 7 nitrogen and oxygen atoms in total. The van der Waals surface area contributed by atoms with Crippen LogP contribution in [-0.2, 0) is 16.0 Å². The summed E-state index contributed by atoms with van der Waals surface area (Å²) in [6.07, 6.45) is 4.11. The summed E-state index contributed by atoms with van der Waals surface area (Å²) in [4.78, 5) is 4.69. The molecule has 0 amide bonds. The molecule has 0 bridgehead atoms. The number of hydrogen-bond donors (Lipinski definition) is 2. The molecule has 2 N–H and O–H groups in total. The second-order valence-corrected chi connectivity index (χ2v) is 7.44. The number of aliphatic imine (C=N–C) groups is 1. The van der Waals surface area contributed by atoms with E-state index in [-0.39, 0.29) is 24.0 Å². The molecule has 0 aliphatic carbocycles. The minimum Gasteiger partial charge on any atom is -0.490 e. The maximum Gasteiger partial charge on any atom is 0.191 e. The van der Waals surface area contributed by atoms with E-state index in [1.807, 2.05) is 18.2 Å². The van der Waals surface area contributed by atoms with Crippen LogP contribution < -0.4 is 20.1 Å². The fraction of sp³-hybridized carbons (Fsp3) is 0.682. The van der Waals surface area contributed by atoms with E-state index in [2.05, 4.69) is 17.6 Å². The predicted octanol–water partition coefficient (Wildman–Crippen LogP) is 3.35. The molecule has 2 heterocycles. The van der Waals surface area contributed by atoms with Crippen LogP contribution in [-0.4, -0.2) is 58.7 Å². The number of fused-ring (bicyclic) bond motifs is 1. The highest BCUT2D eigenvalue weighted by Crippen LogP contribution is 2.30. The third kappa shape index (κ3) is 8.85. The first kappa shape index (κ1) is 25.0. The number of nitrogens with zero attached hydrogens (tertiary/aromatic N) is 1. The largest absolute Gasteiger partial charge is 0.490 e. The van der Waals surface area contributed by atoms with Crippen molar-refractivity contribution in [2.45, 2.75) is 39.2 Å². The van der Waals surface area contributed by atoms with Crippen LogP contribution in [0.5, 0.6) is 11.5 Å². The van der Waals surface area contributed by atoms with E-state index in [1.54, 1.807) is 0 Å². The highest BCUT2D eigenvalue weighted by atomic mass is 127. The summed E-state index contributed by atoms with van der Waals surface area (Å²) in [7, 11) is 0. The summed E-state index contributed by atoms with van der Waals surface area (Å²) in [5.74, 6) is 3.12. The third-order valence-electron chi connectivity index (χ3n) is 5.03. The Labute approximate surface area is 197 Å². The summed E-state index contributed by atoms with van der Waals surface area (Å²) in [6.45, 7) is 9.09. The number of guanidine groups is 1. The molecule has 0 radical (unpaired) electrons. The van der Waals surface area contributed by atoms with Gasteiger partial charge in [-0.05, 0) is 49.8 Å². The van der Waals surface area contributed by atoms with Crippen LogP contribution in [0.3, 0.4) is 0 Å². The van der Waals surface area contributed by atoms with Crippen LogP contribution in [0.4, 0.5) is 0 Å². The Balaban J connectivity index is 0.00000320. The van der Waals surface area contributed by atoms with Gasteiger partial charge in [0, 0.05) is 45.9 Å². The highest BCUT2D eigenvalue weighted by Gasteiger charge is 2.13. The second-order valence-electron chi connectivity index (χ2n) is 7.44. The van der Waals surface area contributed by atoms with Crippen molar-refractivity contribution in [3.8, 4) is 11.5 Å². The summed E-state index contributed by atoms with van der Waals surface area (Å²) >= 11 is 0. The van der Waals surface area contributed by atoms with Gasteiger partial charge in [-0.1, -0.05) is 6.07 Å². The molecule has 0 aromatic heterocycles. The van der Waals surface area contributed by atoms with Crippen molar-refractivity contribution in [2.75, 3.05) is 52.7 Å². The Bertz CT molecular complexity index is 639. The number of benzene rings is 1. The van der Waals surface area contributed by atoms with Crippen molar-refractivity contribution < 1.29 is 18.9 Å². The minimum absolute atomic E-state index is 0. The van der Waals surface area contributed by atoms with Gasteiger partial charge in [0.2, 0.25) is 0 Å². The Morgan fingerprint density at radius 2 is 1.90 bits per heavy atom. The van der Waals surface area contributed by atoms with E-state index in [0.717, 1.165) is 88.2 Å². The standard InChI is InChI=1S/C22H35N3O4.HI/c1-2-23-22(24-9-3-10-27-17-18-7-13-26-14-8-18)25-16-19-5-6-20-21(15-19)29-12-4-11-28-20;/h5-6,15,18H,2-4,7-14,16-17H2,1H3,(H2,23,24,25);1H. The van der Waals surface area contributed by atoms with Gasteiger partial charge in [0.25, 0.3) is 0 Å². The van der Waals surface area contributed by atoms with E-state index in [1.165, 1.54) is 0 Å². The Morgan fingerprint density at radius 3 is 2.70 bits per heavy atom. The van der Waals surface area contributed by atoms with Gasteiger partial charge in [-0.3, -0.25) is 0 Å². The summed E-state index contributed by atoms with van der Waals surface area (Å²) in [5, 5.41) is 6.68. The molecule has 0 unspecified atom stereocenters. The molecule has 0 atom stereocenters. The van der Waals surface area contributed by atoms with E-state index >= 15 is 0 Å². The lowest BCUT2D eigenvalue weighted by Crippen LogP contribution is -2.38. The normalized spacial score (nSPS) is 17.0. The smallest absolute Gasteiger partial charge is 0.191 e. The van der Waals surface area contributed by atoms with E-state index in [9.17, 15) is 0 Å². The molecular weight excluding hydrogens is 497 g/mol. The van der Waals surface area contributed by atoms with E-state index in [4.69, 9.17) is 23.9 Å². The molecule has 30 heavy (non-hydrogen) atoms. The topological polar surface area (TPSA) is 73.3 Å². The molecular formula is C22H36IN3O4. The van der Waals surface area contributed by atoms with Gasteiger partial charge in [0.1, 0.15) is 0 Å². The molecule has 3 rings (SSSR count). The highest BCUT2D eigenvalue weighted by molar-refractivity contribution is 14.0. The van der Waals surface area contributed by atoms with Gasteiger partial charge >= 0.3 is 0 Å². The molecule has 1 saturated heterocycles. The lowest BCUT2D eigenvalue weighted by molar-refractivity contribution is 0.0203. The van der Waals surface area contributed by atoms with Crippen molar-refractivity contribution in [1.82, 2.24) is 10.6 Å². The van der Waals surface area contributed by atoms with Crippen LogP contribution in [0.1, 0.15) is 38.2 Å². The number of rotatable bonds is 9. The first-order valence-corrected chi connectivity index (χ1v) is 10.9. The van der Waals surface area contributed by atoms with Crippen LogP contribution in [0.2, 0.25) is 0 Å². The summed E-state index contributed by atoms with van der Waals surface area (Å²) < 4.78 is 22.7. The average molecular weight is 533 g/mol. The van der Waals surface area contributed by atoms with E-state index < -0.39 is 0 Å². The molecule has 1 aromatic rings. The molecule has 0 saturated carbocycles. The quantitative estimate of drug-likeness (QED) is 0.220. The molecule has 170 valence electrons. The lowest BCUT2D eigenvalue weighted by atomic mass is 10.0. The van der Waals surface area contributed by atoms with E-state index in [0.29, 0.717) is 25.7 Å². The van der Waals surface area contributed by atoms with Crippen molar-refractivity contribution in [2.24, 2.45) is 10.9 Å². The Kier molecular flexibility index (Phi) is 12.2. The maximum atomic E-state index is 5.83. The monoisotopic (exact) mass is 533 g/mol. The number of halogens is 1. The number of ether oxygens (including phenoxy) is 4. The molecule has 0 spiro atoms. The van der Waals surface area contributed by atoms with Gasteiger partial charge in [0.15, 0.2) is 17.5 Å². The average Bonchev–Trinajstić information content (AvgIpc) is 3.00. The Morgan fingerprint density at radius 1 is 1.10 bits per heavy atom. The van der Waals surface area contributed by atoms with Gasteiger partial charge in [-0.15, -0.1) is 24.0 Å². The van der Waals surface area contributed by atoms with Gasteiger partial charge in [0.05, 0.1) is 19.8 Å². The number of nitrogens with one attached hydrogen (secondary N) is 2. The van der Waals surface area contributed by atoms with Crippen LogP contribution in [0.15, 0.2) is 23.2 Å². The van der Waals surface area contributed by atoms with Gasteiger partial charge in [-0.2, -0.15) is 0 Å². The van der Waals surface area contributed by atoms with Crippen molar-refractivity contribution in [3.63, 3.8) is 0 Å². The summed E-state index contributed by atoms with van der Waals surface area (Å²) in [6, 6.07) is 6.05. The predicted molar refractivity (Wildman–Crippen MR) is 129 cm³/mol. The van der Waals surface area contributed by atoms with Gasteiger partial charge in [-0.25, -0.2) is 4.99 Å². The zero-order chi connectivity index (χ0) is 20.2. The van der Waals surface area contributed by atoms with Crippen LogP contribution in [0, 0.1) is 5.92 Å². The first-order valence-electron chi connectivity index (χ1n) is 10.9. The van der Waals surface area contributed by atoms with Crippen molar-refractivity contribution >= 4 is 29.9 Å². The SMILES string of the molecule is CCNC(=NCc1ccc2c(c1)OCCCO2)NCCCOCC1CCOCC1.I. The van der Waals surface area contributed by atoms with Crippen LogP contribution >= 0.6 is 24.0 Å². The molecule has 8 heteroatoms. The number of hydrogen-bond acceptors (Lipinski definition) is 5. The third-order valence-corrected chi connectivity index (χ3v) is 5.03. The second kappa shape index (κ2) is 14.7. The van der Waals surface area contributed by atoms with Gasteiger partial charge < -0.3 is 29.6 Å². The first-order chi connectivity index (χ1) is 14.3.